The lowest BCUT2D eigenvalue weighted by Gasteiger charge is -2.30. The third-order valence-electron chi connectivity index (χ3n) is 4.91. The molecule has 0 bridgehead atoms. The molecule has 0 radical (unpaired) electrons. The predicted octanol–water partition coefficient (Wildman–Crippen LogP) is 3.67. The van der Waals surface area contributed by atoms with Crippen LogP contribution in [-0.4, -0.2) is 34.8 Å². The molecule has 0 spiro atoms. The average Bonchev–Trinajstić information content (AvgIpc) is 2.68. The van der Waals surface area contributed by atoms with E-state index in [9.17, 15) is 9.59 Å². The quantitative estimate of drug-likeness (QED) is 0.843. The van der Waals surface area contributed by atoms with Crippen LogP contribution in [0, 0.1) is 12.8 Å². The van der Waals surface area contributed by atoms with Crippen LogP contribution in [0.4, 0.5) is 5.82 Å². The number of hydrogen-bond acceptors (Lipinski definition) is 3. The maximum absolute atomic E-state index is 12.5. The van der Waals surface area contributed by atoms with E-state index in [2.05, 4.69) is 10.3 Å². The summed E-state index contributed by atoms with van der Waals surface area (Å²) in [5.74, 6) is 0.488. The van der Waals surface area contributed by atoms with Crippen molar-refractivity contribution in [3.8, 4) is 0 Å². The van der Waals surface area contributed by atoms with Crippen LogP contribution < -0.4 is 5.32 Å². The number of aromatic nitrogens is 1. The van der Waals surface area contributed by atoms with Crippen molar-refractivity contribution in [2.24, 2.45) is 5.92 Å². The molecule has 3 rings (SSSR count). The fourth-order valence-corrected chi connectivity index (χ4v) is 3.26. The summed E-state index contributed by atoms with van der Waals surface area (Å²) >= 11 is 0. The first-order valence-electron chi connectivity index (χ1n) is 9.29. The van der Waals surface area contributed by atoms with Crippen LogP contribution >= 0.6 is 0 Å². The van der Waals surface area contributed by atoms with Crippen molar-refractivity contribution in [3.05, 3.63) is 65.9 Å². The van der Waals surface area contributed by atoms with Gasteiger partial charge < -0.3 is 10.2 Å². The average molecular weight is 363 g/mol. The van der Waals surface area contributed by atoms with Crippen molar-refractivity contribution in [3.63, 3.8) is 0 Å². The summed E-state index contributed by atoms with van der Waals surface area (Å²) in [7, 11) is 0. The maximum atomic E-state index is 12.5. The minimum atomic E-state index is -0.0874. The van der Waals surface area contributed by atoms with Crippen LogP contribution in [0.3, 0.4) is 0 Å². The van der Waals surface area contributed by atoms with E-state index in [1.807, 2.05) is 61.2 Å². The van der Waals surface area contributed by atoms with Crippen molar-refractivity contribution in [1.29, 1.82) is 0 Å². The van der Waals surface area contributed by atoms with E-state index in [0.717, 1.165) is 16.7 Å². The summed E-state index contributed by atoms with van der Waals surface area (Å²) in [5, 5.41) is 2.88. The molecule has 27 heavy (non-hydrogen) atoms. The van der Waals surface area contributed by atoms with Gasteiger partial charge in [-0.05, 0) is 55.5 Å². The number of benzene rings is 1. The second-order valence-corrected chi connectivity index (χ2v) is 7.00. The molecule has 1 N–H and O–H groups in total. The lowest BCUT2D eigenvalue weighted by atomic mass is 9.95. The van der Waals surface area contributed by atoms with Gasteiger partial charge in [0, 0.05) is 31.3 Å². The maximum Gasteiger partial charge on any atom is 0.246 e. The Labute approximate surface area is 160 Å². The minimum absolute atomic E-state index is 0.00978. The first-order valence-corrected chi connectivity index (χ1v) is 9.29. The number of anilines is 1. The molecule has 0 saturated carbocycles. The van der Waals surface area contributed by atoms with E-state index >= 15 is 0 Å². The second kappa shape index (κ2) is 8.62. The molecule has 2 heterocycles. The number of pyridine rings is 1. The van der Waals surface area contributed by atoms with Crippen molar-refractivity contribution >= 4 is 23.2 Å². The van der Waals surface area contributed by atoms with Crippen LogP contribution in [0.1, 0.15) is 30.9 Å². The fourth-order valence-electron chi connectivity index (χ4n) is 3.26. The highest BCUT2D eigenvalue weighted by molar-refractivity contribution is 5.95. The van der Waals surface area contributed by atoms with E-state index in [1.54, 1.807) is 12.3 Å². The third kappa shape index (κ3) is 5.03. The van der Waals surface area contributed by atoms with Crippen LogP contribution in [0.25, 0.3) is 5.57 Å². The fraction of sp³-hybridized carbons (Fsp3) is 0.318. The summed E-state index contributed by atoms with van der Waals surface area (Å²) in [6.07, 6.45) is 4.71. The zero-order valence-electron chi connectivity index (χ0n) is 15.8. The second-order valence-electron chi connectivity index (χ2n) is 7.00. The normalized spacial score (nSPS) is 15.5. The minimum Gasteiger partial charge on any atom is -0.339 e. The largest absolute Gasteiger partial charge is 0.339 e. The molecule has 2 aromatic rings. The van der Waals surface area contributed by atoms with Gasteiger partial charge in [0.05, 0.1) is 0 Å². The van der Waals surface area contributed by atoms with E-state index in [4.69, 9.17) is 0 Å². The number of piperidine rings is 1. The number of nitrogens with zero attached hydrogens (tertiary/aromatic N) is 2. The van der Waals surface area contributed by atoms with Crippen LogP contribution in [-0.2, 0) is 9.59 Å². The topological polar surface area (TPSA) is 62.3 Å². The first kappa shape index (κ1) is 18.8. The SMILES string of the molecule is C/C(=C/C(=O)N1CCC(C(=O)Nc2cc(C)ccn2)CC1)c1ccccc1. The van der Waals surface area contributed by atoms with Gasteiger partial charge in [-0.3, -0.25) is 9.59 Å². The van der Waals surface area contributed by atoms with E-state index in [1.165, 1.54) is 0 Å². The number of allylic oxidation sites excluding steroid dienone is 1. The molecular formula is C22H25N3O2. The Morgan fingerprint density at radius 2 is 1.85 bits per heavy atom. The summed E-state index contributed by atoms with van der Waals surface area (Å²) in [5.41, 5.74) is 3.05. The van der Waals surface area contributed by atoms with Crippen molar-refractivity contribution < 1.29 is 9.59 Å². The van der Waals surface area contributed by atoms with Gasteiger partial charge in [-0.25, -0.2) is 4.98 Å². The Bertz CT molecular complexity index is 838. The zero-order chi connectivity index (χ0) is 19.2. The van der Waals surface area contributed by atoms with Gasteiger partial charge in [0.25, 0.3) is 0 Å². The number of carbonyl (C=O) groups excluding carboxylic acids is 2. The molecule has 1 aliphatic rings. The number of hydrogen-bond donors (Lipinski definition) is 1. The molecule has 0 atom stereocenters. The van der Waals surface area contributed by atoms with Gasteiger partial charge in [0.15, 0.2) is 0 Å². The summed E-state index contributed by atoms with van der Waals surface area (Å²) < 4.78 is 0. The summed E-state index contributed by atoms with van der Waals surface area (Å²) in [6, 6.07) is 13.6. The Morgan fingerprint density at radius 1 is 1.15 bits per heavy atom. The van der Waals surface area contributed by atoms with Crippen molar-refractivity contribution in [2.75, 3.05) is 18.4 Å². The van der Waals surface area contributed by atoms with Crippen LogP contribution in [0.15, 0.2) is 54.7 Å². The first-order chi connectivity index (χ1) is 13.0. The molecule has 1 aromatic carbocycles. The molecule has 1 aromatic heterocycles. The molecule has 1 saturated heterocycles. The van der Waals surface area contributed by atoms with Crippen LogP contribution in [0.2, 0.25) is 0 Å². The molecule has 1 fully saturated rings. The Balaban J connectivity index is 1.53. The van der Waals surface area contributed by atoms with Gasteiger partial charge >= 0.3 is 0 Å². The highest BCUT2D eigenvalue weighted by atomic mass is 16.2. The number of likely N-dealkylation sites (tertiary alicyclic amines) is 1. The number of amides is 2. The van der Waals surface area contributed by atoms with Crippen molar-refractivity contribution in [2.45, 2.75) is 26.7 Å². The monoisotopic (exact) mass is 363 g/mol. The Kier molecular flexibility index (Phi) is 6.01. The molecule has 0 unspecified atom stereocenters. The Hall–Kier alpha value is -2.95. The molecule has 5 heteroatoms. The van der Waals surface area contributed by atoms with Crippen LogP contribution in [0.5, 0.6) is 0 Å². The van der Waals surface area contributed by atoms with E-state index < -0.39 is 0 Å². The molecule has 2 amide bonds. The number of rotatable bonds is 4. The van der Waals surface area contributed by atoms with Gasteiger partial charge in [0.2, 0.25) is 11.8 Å². The van der Waals surface area contributed by atoms with E-state index in [-0.39, 0.29) is 17.7 Å². The summed E-state index contributed by atoms with van der Waals surface area (Å²) in [4.78, 5) is 31.0. The summed E-state index contributed by atoms with van der Waals surface area (Å²) in [6.45, 7) is 5.10. The number of aryl methyl sites for hydroxylation is 1. The molecule has 0 aliphatic carbocycles. The van der Waals surface area contributed by atoms with E-state index in [0.29, 0.717) is 31.7 Å². The number of carbonyl (C=O) groups is 2. The molecule has 140 valence electrons. The van der Waals surface area contributed by atoms with Gasteiger partial charge in [-0.15, -0.1) is 0 Å². The highest BCUT2D eigenvalue weighted by Gasteiger charge is 2.27. The van der Waals surface area contributed by atoms with Gasteiger partial charge in [-0.2, -0.15) is 0 Å². The number of nitrogens with one attached hydrogen (secondary N) is 1. The Morgan fingerprint density at radius 3 is 2.52 bits per heavy atom. The lowest BCUT2D eigenvalue weighted by Crippen LogP contribution is -2.40. The smallest absolute Gasteiger partial charge is 0.246 e. The van der Waals surface area contributed by atoms with Crippen molar-refractivity contribution in [1.82, 2.24) is 9.88 Å². The standard InChI is InChI=1S/C22H25N3O2/c1-16-8-11-23-20(14-16)24-22(27)19-9-12-25(13-10-19)21(26)15-17(2)18-6-4-3-5-7-18/h3-8,11,14-15,19H,9-10,12-13H2,1-2H3,(H,23,24,27)/b17-15-. The highest BCUT2D eigenvalue weighted by Crippen LogP contribution is 2.21. The molecular weight excluding hydrogens is 338 g/mol. The van der Waals surface area contributed by atoms with Gasteiger partial charge in [-0.1, -0.05) is 30.3 Å². The zero-order valence-corrected chi connectivity index (χ0v) is 15.8. The predicted molar refractivity (Wildman–Crippen MR) is 107 cm³/mol. The van der Waals surface area contributed by atoms with Gasteiger partial charge in [0.1, 0.15) is 5.82 Å². The molecule has 1 aliphatic heterocycles. The molecule has 5 nitrogen and oxygen atoms in total. The third-order valence-corrected chi connectivity index (χ3v) is 4.91. The lowest BCUT2D eigenvalue weighted by molar-refractivity contribution is -0.130.